The van der Waals surface area contributed by atoms with Gasteiger partial charge in [-0.25, -0.2) is 13.2 Å². The molecule has 1 saturated carbocycles. The van der Waals surface area contributed by atoms with Crippen LogP contribution in [0, 0.1) is 23.4 Å². The zero-order valence-electron chi connectivity index (χ0n) is 9.36. The standard InChI is InChI=1S/C6H3F3.C4H8.C2H6/c7-4-2-1-3-5(8)6(4)9;1-4-2-3-4;1-2/h1-3H;4H,2-3H2,1H3;1-2H3. The van der Waals surface area contributed by atoms with Crippen molar-refractivity contribution in [1.82, 2.24) is 0 Å². The molecule has 15 heavy (non-hydrogen) atoms. The van der Waals surface area contributed by atoms with Crippen molar-refractivity contribution >= 4 is 0 Å². The van der Waals surface area contributed by atoms with Crippen molar-refractivity contribution in [3.8, 4) is 0 Å². The number of halogens is 3. The van der Waals surface area contributed by atoms with E-state index in [0.717, 1.165) is 24.1 Å². The summed E-state index contributed by atoms with van der Waals surface area (Å²) in [6.45, 7) is 6.28. The Balaban J connectivity index is 0.000000272. The Bertz CT molecular complexity index is 260. The fraction of sp³-hybridized carbons (Fsp3) is 0.500. The summed E-state index contributed by atoms with van der Waals surface area (Å²) < 4.78 is 35.9. The van der Waals surface area contributed by atoms with Crippen molar-refractivity contribution in [2.45, 2.75) is 33.6 Å². The predicted molar refractivity (Wildman–Crippen MR) is 56.1 cm³/mol. The third-order valence-corrected chi connectivity index (χ3v) is 1.77. The minimum Gasteiger partial charge on any atom is -0.204 e. The maximum atomic E-state index is 12.0. The van der Waals surface area contributed by atoms with Crippen LogP contribution in [0.2, 0.25) is 0 Å². The van der Waals surface area contributed by atoms with Gasteiger partial charge in [0.1, 0.15) is 0 Å². The number of rotatable bonds is 0. The summed E-state index contributed by atoms with van der Waals surface area (Å²) in [5.74, 6) is -2.65. The zero-order chi connectivity index (χ0) is 11.8. The van der Waals surface area contributed by atoms with Crippen LogP contribution in [0.1, 0.15) is 33.6 Å². The van der Waals surface area contributed by atoms with E-state index >= 15 is 0 Å². The van der Waals surface area contributed by atoms with E-state index in [1.54, 1.807) is 0 Å². The topological polar surface area (TPSA) is 0 Å². The first-order chi connectivity index (χ1) is 7.11. The minimum absolute atomic E-state index is 0.860. The highest BCUT2D eigenvalue weighted by Gasteiger charge is 2.12. The largest absolute Gasteiger partial charge is 0.204 e. The second-order valence-electron chi connectivity index (χ2n) is 3.22. The van der Waals surface area contributed by atoms with Crippen molar-refractivity contribution in [2.75, 3.05) is 0 Å². The molecule has 1 aliphatic rings. The molecule has 0 unspecified atom stereocenters. The molecule has 1 aliphatic carbocycles. The Morgan fingerprint density at radius 3 is 1.53 bits per heavy atom. The Morgan fingerprint density at radius 2 is 1.33 bits per heavy atom. The average Bonchev–Trinajstić information content (AvgIpc) is 3.01. The average molecular weight is 218 g/mol. The van der Waals surface area contributed by atoms with E-state index in [9.17, 15) is 13.2 Å². The lowest BCUT2D eigenvalue weighted by Gasteiger charge is -1.90. The van der Waals surface area contributed by atoms with Crippen LogP contribution in [0.15, 0.2) is 18.2 Å². The molecule has 0 radical (unpaired) electrons. The molecule has 1 aromatic rings. The van der Waals surface area contributed by atoms with Gasteiger partial charge in [-0.1, -0.05) is 39.7 Å². The maximum Gasteiger partial charge on any atom is 0.194 e. The van der Waals surface area contributed by atoms with Crippen LogP contribution in [0.4, 0.5) is 13.2 Å². The van der Waals surface area contributed by atoms with Crippen LogP contribution < -0.4 is 0 Å². The van der Waals surface area contributed by atoms with Gasteiger partial charge in [0.2, 0.25) is 0 Å². The van der Waals surface area contributed by atoms with Gasteiger partial charge in [-0.3, -0.25) is 0 Å². The lowest BCUT2D eigenvalue weighted by molar-refractivity contribution is 0.447. The zero-order valence-corrected chi connectivity index (χ0v) is 9.36. The highest BCUT2D eigenvalue weighted by molar-refractivity contribution is 5.07. The monoisotopic (exact) mass is 218 g/mol. The van der Waals surface area contributed by atoms with Gasteiger partial charge in [0.15, 0.2) is 17.5 Å². The normalized spacial score (nSPS) is 13.2. The molecule has 0 bridgehead atoms. The van der Waals surface area contributed by atoms with Crippen molar-refractivity contribution in [2.24, 2.45) is 5.92 Å². The third kappa shape index (κ3) is 6.15. The molecule has 0 nitrogen and oxygen atoms in total. The Kier molecular flexibility index (Phi) is 6.84. The van der Waals surface area contributed by atoms with Crippen molar-refractivity contribution in [3.05, 3.63) is 35.7 Å². The van der Waals surface area contributed by atoms with E-state index in [0.29, 0.717) is 0 Å². The van der Waals surface area contributed by atoms with Gasteiger partial charge in [-0.2, -0.15) is 0 Å². The molecule has 0 aromatic heterocycles. The summed E-state index contributed by atoms with van der Waals surface area (Å²) in [5.41, 5.74) is 0. The molecule has 0 aliphatic heterocycles. The first-order valence-electron chi connectivity index (χ1n) is 5.20. The molecule has 1 aromatic carbocycles. The molecule has 0 amide bonds. The smallest absolute Gasteiger partial charge is 0.194 e. The molecule has 0 heterocycles. The SMILES string of the molecule is CC.CC1CC1.Fc1cccc(F)c1F. The van der Waals surface area contributed by atoms with Crippen LogP contribution >= 0.6 is 0 Å². The minimum atomic E-state index is -1.42. The second-order valence-corrected chi connectivity index (χ2v) is 3.22. The molecule has 0 N–H and O–H groups in total. The Morgan fingerprint density at radius 1 is 1.00 bits per heavy atom. The van der Waals surface area contributed by atoms with Crippen molar-refractivity contribution in [1.29, 1.82) is 0 Å². The summed E-state index contributed by atoms with van der Waals surface area (Å²) >= 11 is 0. The van der Waals surface area contributed by atoms with Gasteiger partial charge < -0.3 is 0 Å². The molecule has 0 spiro atoms. The van der Waals surface area contributed by atoms with Crippen LogP contribution in [-0.4, -0.2) is 0 Å². The van der Waals surface area contributed by atoms with E-state index in [-0.39, 0.29) is 0 Å². The van der Waals surface area contributed by atoms with E-state index in [1.165, 1.54) is 12.8 Å². The summed E-state index contributed by atoms with van der Waals surface area (Å²) in [4.78, 5) is 0. The first kappa shape index (κ1) is 14.0. The van der Waals surface area contributed by atoms with Gasteiger partial charge in [0.25, 0.3) is 0 Å². The van der Waals surface area contributed by atoms with Crippen molar-refractivity contribution in [3.63, 3.8) is 0 Å². The van der Waals surface area contributed by atoms with Crippen LogP contribution in [-0.2, 0) is 0 Å². The summed E-state index contributed by atoms with van der Waals surface area (Å²) in [5, 5.41) is 0. The fourth-order valence-corrected chi connectivity index (χ4v) is 0.644. The van der Waals surface area contributed by atoms with E-state index in [2.05, 4.69) is 6.92 Å². The maximum absolute atomic E-state index is 12.0. The van der Waals surface area contributed by atoms with E-state index < -0.39 is 17.5 Å². The van der Waals surface area contributed by atoms with Gasteiger partial charge in [-0.15, -0.1) is 0 Å². The second kappa shape index (κ2) is 7.32. The number of hydrogen-bond acceptors (Lipinski definition) is 0. The van der Waals surface area contributed by atoms with Crippen LogP contribution in [0.5, 0.6) is 0 Å². The summed E-state index contributed by atoms with van der Waals surface area (Å²) in [7, 11) is 0. The van der Waals surface area contributed by atoms with Gasteiger partial charge >= 0.3 is 0 Å². The Labute approximate surface area is 89.1 Å². The van der Waals surface area contributed by atoms with Gasteiger partial charge in [-0.05, 0) is 18.1 Å². The fourth-order valence-electron chi connectivity index (χ4n) is 0.644. The molecule has 86 valence electrons. The van der Waals surface area contributed by atoms with E-state index in [4.69, 9.17) is 0 Å². The number of benzene rings is 1. The molecule has 1 fully saturated rings. The predicted octanol–water partition coefficient (Wildman–Crippen LogP) is 4.55. The molecule has 3 heteroatoms. The van der Waals surface area contributed by atoms with Crippen molar-refractivity contribution < 1.29 is 13.2 Å². The lowest BCUT2D eigenvalue weighted by atomic mass is 10.3. The molecular formula is C12H17F3. The van der Waals surface area contributed by atoms with Crippen LogP contribution in [0.25, 0.3) is 0 Å². The number of hydrogen-bond donors (Lipinski definition) is 0. The molecule has 2 rings (SSSR count). The van der Waals surface area contributed by atoms with Gasteiger partial charge in [0.05, 0.1) is 0 Å². The van der Waals surface area contributed by atoms with Gasteiger partial charge in [0, 0.05) is 0 Å². The lowest BCUT2D eigenvalue weighted by Crippen LogP contribution is -1.86. The summed E-state index contributed by atoms with van der Waals surface area (Å²) in [6.07, 6.45) is 2.97. The molecule has 0 saturated heterocycles. The Hall–Kier alpha value is -0.990. The molecule has 0 atom stereocenters. The quantitative estimate of drug-likeness (QED) is 0.560. The third-order valence-electron chi connectivity index (χ3n) is 1.77. The highest BCUT2D eigenvalue weighted by atomic mass is 19.2. The molecular weight excluding hydrogens is 201 g/mol. The first-order valence-corrected chi connectivity index (χ1v) is 5.20. The van der Waals surface area contributed by atoms with Crippen LogP contribution in [0.3, 0.4) is 0 Å². The summed E-state index contributed by atoms with van der Waals surface area (Å²) in [6, 6.07) is 2.82. The van der Waals surface area contributed by atoms with E-state index in [1.807, 2.05) is 13.8 Å². The highest BCUT2D eigenvalue weighted by Crippen LogP contribution is 2.26.